The van der Waals surface area contributed by atoms with Crippen molar-refractivity contribution in [3.63, 3.8) is 0 Å². The number of esters is 1. The monoisotopic (exact) mass is 196 g/mol. The molecule has 0 aliphatic rings. The quantitative estimate of drug-likeness (QED) is 0.650. The molecule has 76 valence electrons. The smallest absolute Gasteiger partial charge is 0.335 e. The zero-order chi connectivity index (χ0) is 10.6. The topological polar surface area (TPSA) is 85.4 Å². The van der Waals surface area contributed by atoms with Gasteiger partial charge in [0, 0.05) is 12.6 Å². The van der Waals surface area contributed by atoms with Crippen LogP contribution in [0.4, 0.5) is 5.82 Å². The number of aliphatic hydroxyl groups excluding tert-OH is 1. The minimum Gasteiger partial charge on any atom is -0.467 e. The van der Waals surface area contributed by atoms with Crippen LogP contribution < -0.4 is 5.73 Å². The van der Waals surface area contributed by atoms with Crippen LogP contribution in [0.3, 0.4) is 0 Å². The van der Waals surface area contributed by atoms with Gasteiger partial charge in [-0.25, -0.2) is 9.78 Å². The first-order valence-corrected chi connectivity index (χ1v) is 4.10. The van der Waals surface area contributed by atoms with Gasteiger partial charge < -0.3 is 15.6 Å². The highest BCUT2D eigenvalue weighted by Crippen LogP contribution is 2.06. The normalized spacial score (nSPS) is 12.1. The van der Waals surface area contributed by atoms with E-state index in [1.807, 2.05) is 0 Å². The van der Waals surface area contributed by atoms with E-state index in [-0.39, 0.29) is 6.42 Å². The van der Waals surface area contributed by atoms with Gasteiger partial charge >= 0.3 is 5.97 Å². The van der Waals surface area contributed by atoms with Crippen LogP contribution in [0.5, 0.6) is 0 Å². The van der Waals surface area contributed by atoms with Crippen LogP contribution in [0.25, 0.3) is 0 Å². The second-order valence-electron chi connectivity index (χ2n) is 2.83. The summed E-state index contributed by atoms with van der Waals surface area (Å²) in [6.45, 7) is 0. The van der Waals surface area contributed by atoms with Gasteiger partial charge in [0.2, 0.25) is 0 Å². The lowest BCUT2D eigenvalue weighted by Crippen LogP contribution is -2.24. The zero-order valence-corrected chi connectivity index (χ0v) is 7.80. The van der Waals surface area contributed by atoms with Crippen LogP contribution in [0.2, 0.25) is 0 Å². The van der Waals surface area contributed by atoms with Gasteiger partial charge in [-0.3, -0.25) is 0 Å². The maximum atomic E-state index is 10.9. The number of nitrogens with two attached hydrogens (primary N) is 1. The molecule has 1 rings (SSSR count). The van der Waals surface area contributed by atoms with Gasteiger partial charge in [-0.2, -0.15) is 0 Å². The molecule has 1 heterocycles. The van der Waals surface area contributed by atoms with E-state index in [0.717, 1.165) is 5.56 Å². The standard InChI is InChI=1S/C9H12N2O3/c1-14-9(13)7(12)4-6-2-3-11-8(10)5-6/h2-3,5,7,12H,4H2,1H3,(H2,10,11). The highest BCUT2D eigenvalue weighted by atomic mass is 16.5. The van der Waals surface area contributed by atoms with Crippen molar-refractivity contribution in [2.75, 3.05) is 12.8 Å². The van der Waals surface area contributed by atoms with Gasteiger partial charge in [-0.05, 0) is 17.7 Å². The molecule has 0 radical (unpaired) electrons. The zero-order valence-electron chi connectivity index (χ0n) is 7.80. The molecule has 1 atom stereocenters. The maximum Gasteiger partial charge on any atom is 0.335 e. The van der Waals surface area contributed by atoms with Crippen molar-refractivity contribution in [2.45, 2.75) is 12.5 Å². The summed E-state index contributed by atoms with van der Waals surface area (Å²) in [6.07, 6.45) is 0.551. The molecule has 3 N–H and O–H groups in total. The van der Waals surface area contributed by atoms with E-state index < -0.39 is 12.1 Å². The third-order valence-electron chi connectivity index (χ3n) is 1.75. The lowest BCUT2D eigenvalue weighted by atomic mass is 10.1. The molecule has 0 aliphatic heterocycles. The Balaban J connectivity index is 2.64. The molecule has 0 aliphatic carbocycles. The van der Waals surface area contributed by atoms with E-state index in [9.17, 15) is 9.90 Å². The number of methoxy groups -OCH3 is 1. The largest absolute Gasteiger partial charge is 0.467 e. The molecular weight excluding hydrogens is 184 g/mol. The van der Waals surface area contributed by atoms with Gasteiger partial charge in [0.15, 0.2) is 6.10 Å². The fourth-order valence-corrected chi connectivity index (χ4v) is 1.06. The SMILES string of the molecule is COC(=O)C(O)Cc1ccnc(N)c1. The summed E-state index contributed by atoms with van der Waals surface area (Å²) in [5.74, 6) is -0.292. The Morgan fingerprint density at radius 1 is 1.79 bits per heavy atom. The number of ether oxygens (including phenoxy) is 1. The Morgan fingerprint density at radius 3 is 3.07 bits per heavy atom. The van der Waals surface area contributed by atoms with Gasteiger partial charge in [0.25, 0.3) is 0 Å². The molecule has 0 spiro atoms. The van der Waals surface area contributed by atoms with Crippen LogP contribution in [0.15, 0.2) is 18.3 Å². The van der Waals surface area contributed by atoms with Crippen molar-refractivity contribution in [1.82, 2.24) is 4.98 Å². The number of hydrogen-bond donors (Lipinski definition) is 2. The predicted octanol–water partition coefficient (Wildman–Crippen LogP) is -0.260. The second-order valence-corrected chi connectivity index (χ2v) is 2.83. The summed E-state index contributed by atoms with van der Waals surface area (Å²) in [7, 11) is 1.23. The van der Waals surface area contributed by atoms with Crippen LogP contribution in [0.1, 0.15) is 5.56 Å². The third kappa shape index (κ3) is 2.70. The molecule has 5 heteroatoms. The Kier molecular flexibility index (Phi) is 3.41. The van der Waals surface area contributed by atoms with E-state index in [1.54, 1.807) is 12.1 Å². The van der Waals surface area contributed by atoms with Crippen LogP contribution in [-0.2, 0) is 16.0 Å². The fraction of sp³-hybridized carbons (Fsp3) is 0.333. The second kappa shape index (κ2) is 4.57. The Labute approximate surface area is 81.5 Å². The van der Waals surface area contributed by atoms with E-state index in [0.29, 0.717) is 5.82 Å². The number of aliphatic hydroxyl groups is 1. The molecule has 1 aromatic rings. The minimum absolute atomic E-state index is 0.180. The molecule has 1 unspecified atom stereocenters. The molecule has 1 aromatic heterocycles. The van der Waals surface area contributed by atoms with Gasteiger partial charge in [0.1, 0.15) is 5.82 Å². The average molecular weight is 196 g/mol. The van der Waals surface area contributed by atoms with Gasteiger partial charge in [0.05, 0.1) is 7.11 Å². The number of aromatic nitrogens is 1. The molecule has 0 saturated carbocycles. The third-order valence-corrected chi connectivity index (χ3v) is 1.75. The van der Waals surface area contributed by atoms with E-state index in [4.69, 9.17) is 5.73 Å². The first-order valence-electron chi connectivity index (χ1n) is 4.10. The number of pyridine rings is 1. The molecule has 5 nitrogen and oxygen atoms in total. The highest BCUT2D eigenvalue weighted by molar-refractivity contribution is 5.74. The number of nitrogens with zero attached hydrogens (tertiary/aromatic N) is 1. The highest BCUT2D eigenvalue weighted by Gasteiger charge is 2.15. The molecule has 0 aromatic carbocycles. The van der Waals surface area contributed by atoms with Crippen LogP contribution in [0, 0.1) is 0 Å². The maximum absolute atomic E-state index is 10.9. The first-order chi connectivity index (χ1) is 6.63. The number of carbonyl (C=O) groups excluding carboxylic acids is 1. The number of nitrogen functional groups attached to an aromatic ring is 1. The Hall–Kier alpha value is -1.62. The lowest BCUT2D eigenvalue weighted by molar-refractivity contribution is -0.150. The summed E-state index contributed by atoms with van der Waals surface area (Å²) in [5, 5.41) is 9.33. The van der Waals surface area contributed by atoms with E-state index in [2.05, 4.69) is 9.72 Å². The van der Waals surface area contributed by atoms with Crippen molar-refractivity contribution in [1.29, 1.82) is 0 Å². The molecule has 0 fully saturated rings. The number of anilines is 1. The summed E-state index contributed by atoms with van der Waals surface area (Å²) >= 11 is 0. The molecule has 0 amide bonds. The Bertz CT molecular complexity index is 328. The number of rotatable bonds is 3. The first kappa shape index (κ1) is 10.5. The van der Waals surface area contributed by atoms with E-state index >= 15 is 0 Å². The van der Waals surface area contributed by atoms with Crippen LogP contribution >= 0.6 is 0 Å². The van der Waals surface area contributed by atoms with Crippen LogP contribution in [-0.4, -0.2) is 29.3 Å². The Morgan fingerprint density at radius 2 is 2.50 bits per heavy atom. The number of carbonyl (C=O) groups is 1. The van der Waals surface area contributed by atoms with Gasteiger partial charge in [-0.1, -0.05) is 0 Å². The van der Waals surface area contributed by atoms with Crippen molar-refractivity contribution >= 4 is 11.8 Å². The molecule has 14 heavy (non-hydrogen) atoms. The van der Waals surface area contributed by atoms with Gasteiger partial charge in [-0.15, -0.1) is 0 Å². The predicted molar refractivity (Wildman–Crippen MR) is 50.4 cm³/mol. The van der Waals surface area contributed by atoms with E-state index in [1.165, 1.54) is 13.3 Å². The van der Waals surface area contributed by atoms with Crippen molar-refractivity contribution < 1.29 is 14.6 Å². The molecule has 0 bridgehead atoms. The summed E-state index contributed by atoms with van der Waals surface area (Å²) in [5.41, 5.74) is 6.18. The number of hydrogen-bond acceptors (Lipinski definition) is 5. The van der Waals surface area contributed by atoms with Crippen molar-refractivity contribution in [3.8, 4) is 0 Å². The summed E-state index contributed by atoms with van der Waals surface area (Å²) in [6, 6.07) is 3.29. The molecular formula is C9H12N2O3. The lowest BCUT2D eigenvalue weighted by Gasteiger charge is -2.07. The summed E-state index contributed by atoms with van der Waals surface area (Å²) < 4.78 is 4.38. The molecule has 0 saturated heterocycles. The summed E-state index contributed by atoms with van der Waals surface area (Å²) in [4.78, 5) is 14.7. The average Bonchev–Trinajstić information content (AvgIpc) is 2.16. The minimum atomic E-state index is -1.15. The van der Waals surface area contributed by atoms with Crippen molar-refractivity contribution in [3.05, 3.63) is 23.9 Å². The van der Waals surface area contributed by atoms with Crippen molar-refractivity contribution in [2.24, 2.45) is 0 Å². The fourth-order valence-electron chi connectivity index (χ4n) is 1.06.